The average Bonchev–Trinajstić information content (AvgIpc) is 3.43. The molecule has 0 spiro atoms. The van der Waals surface area contributed by atoms with Crippen LogP contribution in [0.25, 0.3) is 32.4 Å². The first-order chi connectivity index (χ1) is 17.7. The van der Waals surface area contributed by atoms with Crippen LogP contribution in [-0.4, -0.2) is 57.7 Å². The van der Waals surface area contributed by atoms with Gasteiger partial charge in [0.05, 0.1) is 23.0 Å². The molecule has 0 aliphatic carbocycles. The topological polar surface area (TPSA) is 154 Å². The van der Waals surface area contributed by atoms with Gasteiger partial charge in [0, 0.05) is 30.7 Å². The monoisotopic (exact) mass is 528 g/mol. The molecule has 37 heavy (non-hydrogen) atoms. The van der Waals surface area contributed by atoms with Gasteiger partial charge in [-0.25, -0.2) is 13.8 Å². The number of benzene rings is 1. The van der Waals surface area contributed by atoms with Crippen LogP contribution < -0.4 is 32.0 Å². The lowest BCUT2D eigenvalue weighted by Crippen LogP contribution is -2.51. The van der Waals surface area contributed by atoms with Gasteiger partial charge in [-0.15, -0.1) is 0 Å². The van der Waals surface area contributed by atoms with Gasteiger partial charge in [0.15, 0.2) is 10.9 Å². The number of nitrogens with zero attached hydrogens (tertiary/aromatic N) is 5. The Bertz CT molecular complexity index is 1640. The van der Waals surface area contributed by atoms with E-state index in [0.29, 0.717) is 13.1 Å². The maximum absolute atomic E-state index is 16.5. The van der Waals surface area contributed by atoms with Crippen molar-refractivity contribution in [1.29, 1.82) is 0 Å². The van der Waals surface area contributed by atoms with Crippen LogP contribution in [0.15, 0.2) is 16.9 Å². The minimum atomic E-state index is -0.921. The molecule has 4 aromatic rings. The number of rotatable bonds is 5. The maximum Gasteiger partial charge on any atom is 0.318 e. The number of nitrogen functional groups attached to an aromatic ring is 1. The summed E-state index contributed by atoms with van der Waals surface area (Å²) in [5, 5.41) is 3.47. The number of carbonyl (C=O) groups is 1. The highest BCUT2D eigenvalue weighted by Gasteiger charge is 2.35. The van der Waals surface area contributed by atoms with Gasteiger partial charge < -0.3 is 26.4 Å². The highest BCUT2D eigenvalue weighted by molar-refractivity contribution is 7.22. The Morgan fingerprint density at radius 3 is 2.59 bits per heavy atom. The summed E-state index contributed by atoms with van der Waals surface area (Å²) in [7, 11) is 1.35. The molecule has 2 fully saturated rings. The van der Waals surface area contributed by atoms with Crippen LogP contribution in [0.3, 0.4) is 0 Å². The minimum Gasteiger partial charge on any atom is -0.467 e. The van der Waals surface area contributed by atoms with E-state index in [4.69, 9.17) is 16.2 Å². The van der Waals surface area contributed by atoms with Crippen molar-refractivity contribution in [3.05, 3.63) is 34.1 Å². The first kappa shape index (κ1) is 23.5. The number of fused-ring (bicyclic) bond motifs is 4. The number of anilines is 2. The molecule has 192 valence electrons. The van der Waals surface area contributed by atoms with Gasteiger partial charge in [-0.2, -0.15) is 9.97 Å². The highest BCUT2D eigenvalue weighted by Crippen LogP contribution is 2.38. The molecular formula is C23H22F2N8O3S. The van der Waals surface area contributed by atoms with E-state index >= 15 is 4.39 Å². The van der Waals surface area contributed by atoms with Crippen LogP contribution in [0.4, 0.5) is 19.7 Å². The second kappa shape index (κ2) is 8.59. The van der Waals surface area contributed by atoms with Crippen LogP contribution in [0.2, 0.25) is 0 Å². The van der Waals surface area contributed by atoms with E-state index in [1.807, 2.05) is 4.90 Å². The number of piperazine rings is 1. The zero-order valence-corrected chi connectivity index (χ0v) is 20.4. The number of ether oxygens (including phenoxy) is 1. The lowest BCUT2D eigenvalue weighted by molar-refractivity contribution is -0.118. The van der Waals surface area contributed by atoms with Crippen molar-refractivity contribution in [2.75, 3.05) is 30.8 Å². The second-order valence-electron chi connectivity index (χ2n) is 9.15. The van der Waals surface area contributed by atoms with Crippen LogP contribution in [0, 0.1) is 11.6 Å². The van der Waals surface area contributed by atoms with Gasteiger partial charge in [0.2, 0.25) is 5.91 Å². The molecule has 2 unspecified atom stereocenters. The van der Waals surface area contributed by atoms with Crippen LogP contribution >= 0.6 is 11.3 Å². The summed E-state index contributed by atoms with van der Waals surface area (Å²) < 4.78 is 37.2. The number of primary amides is 1. The molecule has 0 radical (unpaired) electrons. The number of halogens is 2. The van der Waals surface area contributed by atoms with Crippen molar-refractivity contribution in [3.63, 3.8) is 0 Å². The summed E-state index contributed by atoms with van der Waals surface area (Å²) in [6, 6.07) is 2.70. The summed E-state index contributed by atoms with van der Waals surface area (Å²) in [4.78, 5) is 40.7. The molecule has 2 aliphatic rings. The third-order valence-electron chi connectivity index (χ3n) is 6.79. The number of nitrogens with two attached hydrogens (primary N) is 2. The number of hydrogen-bond donors (Lipinski definition) is 3. The van der Waals surface area contributed by atoms with Crippen molar-refractivity contribution in [1.82, 2.24) is 24.8 Å². The zero-order chi connectivity index (χ0) is 26.0. The molecule has 0 saturated carbocycles. The fourth-order valence-corrected chi connectivity index (χ4v) is 6.06. The summed E-state index contributed by atoms with van der Waals surface area (Å²) in [6.07, 6.45) is 1.95. The molecule has 5 heterocycles. The van der Waals surface area contributed by atoms with Gasteiger partial charge >= 0.3 is 6.01 Å². The molecule has 6 rings (SSSR count). The number of nitrogens with one attached hydrogen (secondary N) is 1. The lowest BCUT2D eigenvalue weighted by Gasteiger charge is -2.34. The van der Waals surface area contributed by atoms with E-state index in [9.17, 15) is 14.0 Å². The smallest absolute Gasteiger partial charge is 0.318 e. The van der Waals surface area contributed by atoms with Crippen LogP contribution in [0.1, 0.15) is 12.8 Å². The number of thiazole rings is 1. The Labute approximate surface area is 212 Å². The van der Waals surface area contributed by atoms with Crippen molar-refractivity contribution < 1.29 is 18.3 Å². The Morgan fingerprint density at radius 1 is 1.19 bits per heavy atom. The summed E-state index contributed by atoms with van der Waals surface area (Å²) in [6.45, 7) is 0.486. The Hall–Kier alpha value is -3.91. The van der Waals surface area contributed by atoms with Gasteiger partial charge in [0.25, 0.3) is 5.56 Å². The van der Waals surface area contributed by atoms with Crippen molar-refractivity contribution in [2.24, 2.45) is 5.73 Å². The lowest BCUT2D eigenvalue weighted by atomic mass is 10.1. The molecule has 11 nitrogen and oxygen atoms in total. The van der Waals surface area contributed by atoms with E-state index in [1.165, 1.54) is 13.2 Å². The number of hydrogen-bond acceptors (Lipinski definition) is 10. The Morgan fingerprint density at radius 2 is 1.92 bits per heavy atom. The van der Waals surface area contributed by atoms with Crippen LogP contribution in [0.5, 0.6) is 6.01 Å². The first-order valence-corrected chi connectivity index (χ1v) is 12.4. The number of aromatic nitrogens is 4. The van der Waals surface area contributed by atoms with Crippen molar-refractivity contribution in [2.45, 2.75) is 31.5 Å². The van der Waals surface area contributed by atoms with Crippen molar-refractivity contribution >= 4 is 49.3 Å². The fraction of sp³-hybridized carbons (Fsp3) is 0.348. The maximum atomic E-state index is 16.5. The Balaban J connectivity index is 1.69. The minimum absolute atomic E-state index is 0.0540. The van der Waals surface area contributed by atoms with E-state index in [1.54, 1.807) is 0 Å². The third-order valence-corrected chi connectivity index (χ3v) is 7.69. The quantitative estimate of drug-likeness (QED) is 0.348. The van der Waals surface area contributed by atoms with Gasteiger partial charge in [-0.1, -0.05) is 11.3 Å². The predicted molar refractivity (Wildman–Crippen MR) is 135 cm³/mol. The molecule has 3 aromatic heterocycles. The zero-order valence-electron chi connectivity index (χ0n) is 19.6. The summed E-state index contributed by atoms with van der Waals surface area (Å²) in [5.41, 5.74) is 10.1. The molecule has 1 aromatic carbocycles. The van der Waals surface area contributed by atoms with E-state index in [0.717, 1.165) is 34.8 Å². The summed E-state index contributed by atoms with van der Waals surface area (Å²) >= 11 is 0.887. The number of amides is 1. The van der Waals surface area contributed by atoms with Gasteiger partial charge in [-0.05, 0) is 25.0 Å². The van der Waals surface area contributed by atoms with Crippen LogP contribution in [-0.2, 0) is 11.3 Å². The van der Waals surface area contributed by atoms with Gasteiger partial charge in [0.1, 0.15) is 29.1 Å². The largest absolute Gasteiger partial charge is 0.467 e. The third kappa shape index (κ3) is 3.74. The number of carbonyl (C=O) groups excluding carboxylic acids is 1. The van der Waals surface area contributed by atoms with E-state index in [-0.39, 0.29) is 61.4 Å². The van der Waals surface area contributed by atoms with E-state index in [2.05, 4.69) is 20.3 Å². The normalized spacial score (nSPS) is 19.2. The summed E-state index contributed by atoms with van der Waals surface area (Å²) in [5.74, 6) is -2.17. The van der Waals surface area contributed by atoms with Gasteiger partial charge in [-0.3, -0.25) is 14.2 Å². The average molecular weight is 529 g/mol. The van der Waals surface area contributed by atoms with E-state index < -0.39 is 29.6 Å². The molecule has 14 heteroatoms. The second-order valence-corrected chi connectivity index (χ2v) is 10.2. The molecule has 2 aliphatic heterocycles. The highest BCUT2D eigenvalue weighted by atomic mass is 32.1. The standard InChI is InChI=1S/C23H22F2N8O3S/c1-36-23-30-17-14(20(31-23)32-6-9-2-3-10(7-32)28-9)21(35)33(8-13(26)34)18(15(17)25)11-4-5-12(24)19-16(11)29-22(27)37-19/h4-5,9-10,28H,2-3,6-8H2,1H3,(H2,26,34)(H2,27,29). The molecule has 2 bridgehead atoms. The molecule has 2 atom stereocenters. The molecule has 2 saturated heterocycles. The fourth-order valence-electron chi connectivity index (χ4n) is 5.30. The van der Waals surface area contributed by atoms with Crippen molar-refractivity contribution in [3.8, 4) is 17.3 Å². The SMILES string of the molecule is COc1nc(N2CC3CCC(C2)N3)c2c(=O)n(CC(N)=O)c(-c3ccc(F)c4sc(N)nc34)c(F)c2n1. The first-order valence-electron chi connectivity index (χ1n) is 11.6. The Kier molecular flexibility index (Phi) is 5.45. The molecular weight excluding hydrogens is 506 g/mol. The molecule has 5 N–H and O–H groups in total. The molecule has 1 amide bonds. The predicted octanol–water partition coefficient (Wildman–Crippen LogP) is 1.36. The number of methoxy groups -OCH3 is 1. The number of pyridine rings is 1.